The summed E-state index contributed by atoms with van der Waals surface area (Å²) in [7, 11) is 0. The molecule has 1 aromatic heterocycles. The molecule has 8 heteroatoms. The van der Waals surface area contributed by atoms with Crippen molar-refractivity contribution in [1.29, 1.82) is 0 Å². The van der Waals surface area contributed by atoms with E-state index in [2.05, 4.69) is 15.4 Å². The molecule has 1 atom stereocenters. The van der Waals surface area contributed by atoms with Crippen molar-refractivity contribution < 1.29 is 14.3 Å². The van der Waals surface area contributed by atoms with Gasteiger partial charge in [0.05, 0.1) is 0 Å². The number of nitrogens with one attached hydrogen (secondary N) is 2. The third kappa shape index (κ3) is 4.06. The van der Waals surface area contributed by atoms with Crippen molar-refractivity contribution >= 4 is 45.9 Å². The number of aromatic amines is 1. The Morgan fingerprint density at radius 1 is 1.06 bits per heavy atom. The fraction of sp³-hybridized carbons (Fsp3) is 0.0800. The van der Waals surface area contributed by atoms with Crippen molar-refractivity contribution in [3.05, 3.63) is 101 Å². The first-order valence-corrected chi connectivity index (χ1v) is 10.7. The predicted molar refractivity (Wildman–Crippen MR) is 127 cm³/mol. The van der Waals surface area contributed by atoms with Gasteiger partial charge in [-0.3, -0.25) is 9.59 Å². The molecule has 0 aliphatic carbocycles. The summed E-state index contributed by atoms with van der Waals surface area (Å²) >= 11 is 5.96. The summed E-state index contributed by atoms with van der Waals surface area (Å²) in [5.41, 5.74) is 3.54. The van der Waals surface area contributed by atoms with Crippen molar-refractivity contribution in [2.24, 2.45) is 5.10 Å². The third-order valence-electron chi connectivity index (χ3n) is 5.33. The van der Waals surface area contributed by atoms with Crippen LogP contribution in [0.4, 0.5) is 5.69 Å². The van der Waals surface area contributed by atoms with E-state index < -0.39 is 6.23 Å². The van der Waals surface area contributed by atoms with E-state index in [0.717, 1.165) is 16.5 Å². The van der Waals surface area contributed by atoms with Gasteiger partial charge in [0, 0.05) is 51.4 Å². The number of para-hydroxylation sites is 1. The van der Waals surface area contributed by atoms with E-state index in [1.165, 1.54) is 11.9 Å². The van der Waals surface area contributed by atoms with Crippen LogP contribution in [0.15, 0.2) is 84.1 Å². The number of carbonyl (C=O) groups excluding carboxylic acids is 2. The summed E-state index contributed by atoms with van der Waals surface area (Å²) in [6.45, 7) is 1.45. The molecule has 2 N–H and O–H groups in total. The van der Waals surface area contributed by atoms with Gasteiger partial charge in [0.2, 0.25) is 18.0 Å². The van der Waals surface area contributed by atoms with Gasteiger partial charge in [-0.25, -0.2) is 0 Å². The number of carbonyl (C=O) groups is 2. The number of hydrazone groups is 1. The molecule has 0 saturated carbocycles. The number of H-pyrrole nitrogens is 1. The van der Waals surface area contributed by atoms with Crippen molar-refractivity contribution in [2.75, 3.05) is 5.32 Å². The Morgan fingerprint density at radius 3 is 2.61 bits per heavy atom. The number of aromatic nitrogens is 1. The number of fused-ring (bicyclic) bond motifs is 1. The average molecular weight is 459 g/mol. The topological polar surface area (TPSA) is 86.8 Å². The van der Waals surface area contributed by atoms with Gasteiger partial charge in [-0.2, -0.15) is 5.01 Å². The zero-order valence-electron chi connectivity index (χ0n) is 17.6. The van der Waals surface area contributed by atoms with Gasteiger partial charge in [-0.15, -0.1) is 5.10 Å². The van der Waals surface area contributed by atoms with Gasteiger partial charge in [-0.05, 0) is 48.5 Å². The average Bonchev–Trinajstić information content (AvgIpc) is 3.44. The fourth-order valence-corrected chi connectivity index (χ4v) is 3.90. The van der Waals surface area contributed by atoms with Crippen molar-refractivity contribution in [3.8, 4) is 0 Å². The molecule has 1 unspecified atom stereocenters. The number of hydrogen-bond donors (Lipinski definition) is 2. The highest BCUT2D eigenvalue weighted by molar-refractivity contribution is 6.31. The lowest BCUT2D eigenvalue weighted by molar-refractivity contribution is -0.135. The minimum Gasteiger partial charge on any atom is -0.446 e. The molecule has 2 amide bonds. The summed E-state index contributed by atoms with van der Waals surface area (Å²) in [5, 5.41) is 10.0. The van der Waals surface area contributed by atoms with E-state index in [0.29, 0.717) is 27.7 Å². The first kappa shape index (κ1) is 20.8. The standard InChI is InChI=1S/C25H19ClN4O3/c1-15(31)30-25(21-14-27-22-8-3-2-7-20(21)22)33-24(29-30)16-9-11-19(12-10-16)28-23(32)17-5-4-6-18(26)13-17/h2-14,25,27H,1H3,(H,28,32). The Kier molecular flexibility index (Phi) is 5.32. The smallest absolute Gasteiger partial charge is 0.255 e. The maximum absolute atomic E-state index is 12.4. The van der Waals surface area contributed by atoms with Crippen LogP contribution in [0.5, 0.6) is 0 Å². The van der Waals surface area contributed by atoms with E-state index in [4.69, 9.17) is 16.3 Å². The molecule has 5 rings (SSSR count). The summed E-state index contributed by atoms with van der Waals surface area (Å²) in [5.74, 6) is -0.166. The fourth-order valence-electron chi connectivity index (χ4n) is 3.71. The molecule has 0 fully saturated rings. The molecule has 3 aromatic carbocycles. The second kappa shape index (κ2) is 8.44. The van der Waals surface area contributed by atoms with E-state index in [1.54, 1.807) is 48.5 Å². The number of hydrogen-bond acceptors (Lipinski definition) is 4. The summed E-state index contributed by atoms with van der Waals surface area (Å²) in [6.07, 6.45) is 1.16. The molecule has 4 aromatic rings. The first-order chi connectivity index (χ1) is 16.0. The molecule has 0 bridgehead atoms. The minimum atomic E-state index is -0.671. The highest BCUT2D eigenvalue weighted by Gasteiger charge is 2.34. The van der Waals surface area contributed by atoms with Crippen molar-refractivity contribution in [1.82, 2.24) is 9.99 Å². The maximum Gasteiger partial charge on any atom is 0.255 e. The number of rotatable bonds is 4. The molecule has 164 valence electrons. The van der Waals surface area contributed by atoms with Gasteiger partial charge < -0.3 is 15.0 Å². The lowest BCUT2D eigenvalue weighted by Crippen LogP contribution is -2.25. The van der Waals surface area contributed by atoms with Crippen LogP contribution < -0.4 is 5.32 Å². The lowest BCUT2D eigenvalue weighted by atomic mass is 10.1. The third-order valence-corrected chi connectivity index (χ3v) is 5.57. The Labute approximate surface area is 194 Å². The molecule has 0 saturated heterocycles. The number of ether oxygens (including phenoxy) is 1. The molecular weight excluding hydrogens is 440 g/mol. The summed E-state index contributed by atoms with van der Waals surface area (Å²) < 4.78 is 6.11. The molecule has 1 aliphatic rings. The Hall–Kier alpha value is -4.10. The zero-order chi connectivity index (χ0) is 22.9. The van der Waals surface area contributed by atoms with Gasteiger partial charge in [-0.1, -0.05) is 35.9 Å². The van der Waals surface area contributed by atoms with Crippen molar-refractivity contribution in [2.45, 2.75) is 13.2 Å². The van der Waals surface area contributed by atoms with Gasteiger partial charge in [0.25, 0.3) is 5.91 Å². The SMILES string of the molecule is CC(=O)N1N=C(c2ccc(NC(=O)c3cccc(Cl)c3)cc2)OC1c1c[nH]c2ccccc12. The van der Waals surface area contributed by atoms with Crippen LogP contribution in [0.3, 0.4) is 0 Å². The number of anilines is 1. The second-order valence-electron chi connectivity index (χ2n) is 7.57. The van der Waals surface area contributed by atoms with Crippen molar-refractivity contribution in [3.63, 3.8) is 0 Å². The first-order valence-electron chi connectivity index (χ1n) is 10.3. The van der Waals surface area contributed by atoms with E-state index in [9.17, 15) is 9.59 Å². The molecule has 7 nitrogen and oxygen atoms in total. The monoisotopic (exact) mass is 458 g/mol. The second-order valence-corrected chi connectivity index (χ2v) is 8.01. The van der Waals surface area contributed by atoms with Crippen LogP contribution in [-0.4, -0.2) is 27.7 Å². The lowest BCUT2D eigenvalue weighted by Gasteiger charge is -2.18. The maximum atomic E-state index is 12.4. The molecule has 2 heterocycles. The van der Waals surface area contributed by atoms with Crippen LogP contribution in [0.25, 0.3) is 10.9 Å². The van der Waals surface area contributed by atoms with Gasteiger partial charge >= 0.3 is 0 Å². The number of benzene rings is 3. The minimum absolute atomic E-state index is 0.231. The summed E-state index contributed by atoms with van der Waals surface area (Å²) in [6, 6.07) is 21.6. The van der Waals surface area contributed by atoms with Crippen LogP contribution >= 0.6 is 11.6 Å². The van der Waals surface area contributed by atoms with Crippen LogP contribution in [0.2, 0.25) is 5.02 Å². The molecule has 33 heavy (non-hydrogen) atoms. The molecular formula is C25H19ClN4O3. The van der Waals surface area contributed by atoms with Gasteiger partial charge in [0.1, 0.15) is 0 Å². The highest BCUT2D eigenvalue weighted by atomic mass is 35.5. The van der Waals surface area contributed by atoms with E-state index in [-0.39, 0.29) is 11.8 Å². The zero-order valence-corrected chi connectivity index (χ0v) is 18.3. The quantitative estimate of drug-likeness (QED) is 0.434. The Morgan fingerprint density at radius 2 is 1.85 bits per heavy atom. The normalized spacial score (nSPS) is 15.3. The number of amides is 2. The highest BCUT2D eigenvalue weighted by Crippen LogP contribution is 2.34. The van der Waals surface area contributed by atoms with E-state index >= 15 is 0 Å². The van der Waals surface area contributed by atoms with E-state index in [1.807, 2.05) is 30.5 Å². The Bertz CT molecular complexity index is 1390. The summed E-state index contributed by atoms with van der Waals surface area (Å²) in [4.78, 5) is 27.9. The van der Waals surface area contributed by atoms with Gasteiger partial charge in [0.15, 0.2) is 0 Å². The van der Waals surface area contributed by atoms with Crippen LogP contribution in [-0.2, 0) is 9.53 Å². The number of nitrogens with zero attached hydrogens (tertiary/aromatic N) is 2. The van der Waals surface area contributed by atoms with Crippen LogP contribution in [0.1, 0.15) is 34.6 Å². The van der Waals surface area contributed by atoms with Crippen LogP contribution in [0, 0.1) is 0 Å². The molecule has 1 aliphatic heterocycles. The molecule has 0 spiro atoms. The molecule has 0 radical (unpaired) electrons. The Balaban J connectivity index is 1.36. The predicted octanol–water partition coefficient (Wildman–Crippen LogP) is 5.31. The largest absolute Gasteiger partial charge is 0.446 e. The number of halogens is 1.